The number of carbonyl (C=O) groups is 1. The molecule has 0 bridgehead atoms. The highest BCUT2D eigenvalue weighted by molar-refractivity contribution is 5.82. The van der Waals surface area contributed by atoms with E-state index < -0.39 is 0 Å². The highest BCUT2D eigenvalue weighted by Gasteiger charge is 2.09. The zero-order chi connectivity index (χ0) is 24.3. The van der Waals surface area contributed by atoms with Crippen LogP contribution >= 0.6 is 0 Å². The number of hydrogen-bond acceptors (Lipinski definition) is 4. The van der Waals surface area contributed by atoms with Gasteiger partial charge in [0.1, 0.15) is 18.1 Å². The van der Waals surface area contributed by atoms with Gasteiger partial charge in [-0.15, -0.1) is 0 Å². The topological polar surface area (TPSA) is 59.9 Å². The Morgan fingerprint density at radius 1 is 0.800 bits per heavy atom. The summed E-state index contributed by atoms with van der Waals surface area (Å²) in [4.78, 5) is 16.7. The summed E-state index contributed by atoms with van der Waals surface area (Å²) < 4.78 is 11.4. The molecule has 0 fully saturated rings. The van der Waals surface area contributed by atoms with Gasteiger partial charge in [0.25, 0.3) is 5.91 Å². The van der Waals surface area contributed by atoms with E-state index in [9.17, 15) is 4.79 Å². The van der Waals surface area contributed by atoms with Crippen molar-refractivity contribution in [1.82, 2.24) is 5.32 Å². The van der Waals surface area contributed by atoms with E-state index in [2.05, 4.69) is 10.3 Å². The molecule has 0 aromatic heterocycles. The molecule has 0 saturated carbocycles. The van der Waals surface area contributed by atoms with Gasteiger partial charge in [0.2, 0.25) is 0 Å². The van der Waals surface area contributed by atoms with E-state index in [0.29, 0.717) is 12.4 Å². The minimum Gasteiger partial charge on any atom is -0.489 e. The molecule has 0 aliphatic rings. The molecule has 0 aliphatic carbocycles. The van der Waals surface area contributed by atoms with Crippen LogP contribution in [0, 0.1) is 0 Å². The zero-order valence-electron chi connectivity index (χ0n) is 19.6. The summed E-state index contributed by atoms with van der Waals surface area (Å²) in [5, 5.41) is 2.94. The van der Waals surface area contributed by atoms with Gasteiger partial charge < -0.3 is 14.8 Å². The summed E-state index contributed by atoms with van der Waals surface area (Å²) in [5.74, 6) is 1.27. The second-order valence-corrected chi connectivity index (χ2v) is 8.08. The van der Waals surface area contributed by atoms with Crippen molar-refractivity contribution in [1.29, 1.82) is 0 Å². The number of hydrogen-bond donors (Lipinski definition) is 1. The van der Waals surface area contributed by atoms with E-state index in [1.807, 2.05) is 116 Å². The molecule has 4 rings (SSSR count). The smallest absolute Gasteiger partial charge is 0.258 e. The molecule has 1 amide bonds. The number of ether oxygens (including phenoxy) is 2. The Morgan fingerprint density at radius 3 is 2.09 bits per heavy atom. The Morgan fingerprint density at radius 2 is 1.40 bits per heavy atom. The van der Waals surface area contributed by atoms with Gasteiger partial charge in [-0.3, -0.25) is 9.79 Å². The van der Waals surface area contributed by atoms with Crippen molar-refractivity contribution in [2.24, 2.45) is 4.99 Å². The fourth-order valence-electron chi connectivity index (χ4n) is 3.43. The lowest BCUT2D eigenvalue weighted by atomic mass is 10.1. The first-order chi connectivity index (χ1) is 17.2. The van der Waals surface area contributed by atoms with Gasteiger partial charge in [0, 0.05) is 6.21 Å². The largest absolute Gasteiger partial charge is 0.489 e. The fraction of sp³-hybridized carbons (Fsp3) is 0.133. The summed E-state index contributed by atoms with van der Waals surface area (Å²) in [6.07, 6.45) is 1.79. The Labute approximate surface area is 206 Å². The van der Waals surface area contributed by atoms with Crippen LogP contribution in [0.3, 0.4) is 0 Å². The van der Waals surface area contributed by atoms with Crippen LogP contribution < -0.4 is 14.8 Å². The third-order valence-corrected chi connectivity index (χ3v) is 5.37. The molecule has 0 saturated heterocycles. The number of aliphatic imine (C=N–C) groups is 1. The Kier molecular flexibility index (Phi) is 8.28. The van der Waals surface area contributed by atoms with E-state index in [1.54, 1.807) is 6.21 Å². The van der Waals surface area contributed by atoms with Crippen molar-refractivity contribution in [3.63, 3.8) is 0 Å². The number of nitrogens with zero attached hydrogens (tertiary/aromatic N) is 1. The number of amides is 1. The molecule has 176 valence electrons. The Balaban J connectivity index is 1.22. The highest BCUT2D eigenvalue weighted by atomic mass is 16.5. The van der Waals surface area contributed by atoms with Crippen LogP contribution in [0.1, 0.15) is 29.7 Å². The normalized spacial score (nSPS) is 11.7. The van der Waals surface area contributed by atoms with Gasteiger partial charge >= 0.3 is 0 Å². The first-order valence-corrected chi connectivity index (χ1v) is 11.5. The quantitative estimate of drug-likeness (QED) is 0.281. The molecule has 4 aromatic rings. The molecule has 1 atom stereocenters. The van der Waals surface area contributed by atoms with E-state index >= 15 is 0 Å². The van der Waals surface area contributed by atoms with E-state index in [-0.39, 0.29) is 18.6 Å². The molecule has 0 radical (unpaired) electrons. The number of carbonyl (C=O) groups excluding carboxylic acids is 1. The molecule has 35 heavy (non-hydrogen) atoms. The van der Waals surface area contributed by atoms with Gasteiger partial charge in [-0.25, -0.2) is 0 Å². The third kappa shape index (κ3) is 7.57. The van der Waals surface area contributed by atoms with Crippen molar-refractivity contribution in [3.05, 3.63) is 126 Å². The van der Waals surface area contributed by atoms with Crippen molar-refractivity contribution in [3.8, 4) is 11.5 Å². The molecule has 4 aromatic carbocycles. The molecule has 0 heterocycles. The summed E-state index contributed by atoms with van der Waals surface area (Å²) in [7, 11) is 0. The number of nitrogens with one attached hydrogen (secondary N) is 1. The fourth-order valence-corrected chi connectivity index (χ4v) is 3.43. The first kappa shape index (κ1) is 23.8. The van der Waals surface area contributed by atoms with Crippen molar-refractivity contribution < 1.29 is 14.3 Å². The Bertz CT molecular complexity index is 1220. The monoisotopic (exact) mass is 464 g/mol. The molecular formula is C30H28N2O3. The van der Waals surface area contributed by atoms with Crippen LogP contribution in [0.15, 0.2) is 114 Å². The average Bonchev–Trinajstić information content (AvgIpc) is 2.92. The zero-order valence-corrected chi connectivity index (χ0v) is 19.6. The highest BCUT2D eigenvalue weighted by Crippen LogP contribution is 2.20. The van der Waals surface area contributed by atoms with E-state index in [1.165, 1.54) is 0 Å². The summed E-state index contributed by atoms with van der Waals surface area (Å²) in [5.41, 5.74) is 3.95. The minimum atomic E-state index is -0.164. The molecule has 0 spiro atoms. The van der Waals surface area contributed by atoms with Gasteiger partial charge in [0.15, 0.2) is 6.61 Å². The maximum absolute atomic E-state index is 12.2. The lowest BCUT2D eigenvalue weighted by molar-refractivity contribution is -0.123. The predicted octanol–water partition coefficient (Wildman–Crippen LogP) is 6.27. The predicted molar refractivity (Wildman–Crippen MR) is 139 cm³/mol. The van der Waals surface area contributed by atoms with Crippen LogP contribution in [0.25, 0.3) is 0 Å². The van der Waals surface area contributed by atoms with Crippen LogP contribution in [-0.2, 0) is 11.4 Å². The maximum Gasteiger partial charge on any atom is 0.258 e. The minimum absolute atomic E-state index is 0.0384. The van der Waals surface area contributed by atoms with Gasteiger partial charge in [-0.1, -0.05) is 60.7 Å². The molecule has 0 aliphatic heterocycles. The van der Waals surface area contributed by atoms with Crippen LogP contribution in [0.5, 0.6) is 11.5 Å². The Hall–Kier alpha value is -4.38. The average molecular weight is 465 g/mol. The van der Waals surface area contributed by atoms with Crippen LogP contribution in [-0.4, -0.2) is 18.7 Å². The summed E-state index contributed by atoms with van der Waals surface area (Å²) in [6, 6.07) is 35.0. The molecule has 0 unspecified atom stereocenters. The van der Waals surface area contributed by atoms with Gasteiger partial charge in [-0.2, -0.15) is 0 Å². The van der Waals surface area contributed by atoms with Crippen molar-refractivity contribution in [2.45, 2.75) is 19.6 Å². The molecule has 5 heteroatoms. The van der Waals surface area contributed by atoms with Gasteiger partial charge in [-0.05, 0) is 72.1 Å². The molecule has 1 N–H and O–H groups in total. The maximum atomic E-state index is 12.2. The summed E-state index contributed by atoms with van der Waals surface area (Å²) >= 11 is 0. The van der Waals surface area contributed by atoms with E-state index in [4.69, 9.17) is 9.47 Å². The molecular weight excluding hydrogens is 436 g/mol. The summed E-state index contributed by atoms with van der Waals surface area (Å²) in [6.45, 7) is 2.45. The van der Waals surface area contributed by atoms with Gasteiger partial charge in [0.05, 0.1) is 11.7 Å². The lowest BCUT2D eigenvalue weighted by Gasteiger charge is -2.14. The van der Waals surface area contributed by atoms with Crippen molar-refractivity contribution >= 4 is 17.8 Å². The standard InChI is InChI=1S/C30H28N2O3/c1-23(26-10-6-3-7-11-26)32-30(33)22-35-28-16-12-24(13-17-28)20-31-27-14-18-29(19-15-27)34-21-25-8-4-2-5-9-25/h2-20,23H,21-22H2,1H3,(H,32,33)/t23-/m0/s1. The van der Waals surface area contributed by atoms with Crippen molar-refractivity contribution in [2.75, 3.05) is 6.61 Å². The second-order valence-electron chi connectivity index (χ2n) is 8.08. The SMILES string of the molecule is C[C@H](NC(=O)COc1ccc(C=Nc2ccc(OCc3ccccc3)cc2)cc1)c1ccccc1. The molecule has 5 nitrogen and oxygen atoms in total. The third-order valence-electron chi connectivity index (χ3n) is 5.37. The van der Waals surface area contributed by atoms with Crippen LogP contribution in [0.2, 0.25) is 0 Å². The number of benzene rings is 4. The number of rotatable bonds is 10. The van der Waals surface area contributed by atoms with Crippen LogP contribution in [0.4, 0.5) is 5.69 Å². The first-order valence-electron chi connectivity index (χ1n) is 11.5. The lowest BCUT2D eigenvalue weighted by Crippen LogP contribution is -2.31. The van der Waals surface area contributed by atoms with E-state index in [0.717, 1.165) is 28.1 Å². The second kappa shape index (κ2) is 12.2.